The monoisotopic (exact) mass is 397 g/mol. The molecule has 29 heavy (non-hydrogen) atoms. The number of nitro groups is 1. The highest BCUT2D eigenvalue weighted by Crippen LogP contribution is 2.31. The second-order valence-electron chi connectivity index (χ2n) is 6.05. The highest BCUT2D eigenvalue weighted by molar-refractivity contribution is 5.79. The molecule has 9 nitrogen and oxygen atoms in total. The quantitative estimate of drug-likeness (QED) is 0.380. The maximum absolute atomic E-state index is 10.7. The summed E-state index contributed by atoms with van der Waals surface area (Å²) >= 11 is 0. The molecule has 1 aliphatic heterocycles. The number of aliphatic carboxylic acids is 2. The van der Waals surface area contributed by atoms with E-state index in [4.69, 9.17) is 19.0 Å². The molecule has 2 heterocycles. The number of fused-ring (bicyclic) bond motifs is 2. The number of nitrogens with zero attached hydrogens (tertiary/aromatic N) is 1. The molecule has 2 aliphatic rings. The minimum Gasteiger partial charge on any atom is -0.481 e. The zero-order valence-corrected chi connectivity index (χ0v) is 14.9. The molecule has 0 saturated heterocycles. The minimum atomic E-state index is -1.17. The van der Waals surface area contributed by atoms with Crippen LogP contribution in [-0.4, -0.2) is 27.1 Å². The smallest absolute Gasteiger partial charge is 0.311 e. The van der Waals surface area contributed by atoms with Crippen LogP contribution in [0.25, 0.3) is 22.3 Å². The van der Waals surface area contributed by atoms with E-state index >= 15 is 0 Å². The molecule has 0 spiro atoms. The molecule has 0 atom stereocenters. The second-order valence-corrected chi connectivity index (χ2v) is 6.05. The van der Waals surface area contributed by atoms with Crippen molar-refractivity contribution in [2.75, 3.05) is 0 Å². The molecule has 148 valence electrons. The molecule has 1 aliphatic carbocycles. The molecule has 0 radical (unpaired) electrons. The predicted molar refractivity (Wildman–Crippen MR) is 101 cm³/mol. The lowest BCUT2D eigenvalue weighted by Gasteiger charge is -2.03. The summed E-state index contributed by atoms with van der Waals surface area (Å²) in [5.41, 5.74) is 1.01. The van der Waals surface area contributed by atoms with E-state index in [1.54, 1.807) is 24.3 Å². The van der Waals surface area contributed by atoms with Crippen molar-refractivity contribution < 1.29 is 33.6 Å². The van der Waals surface area contributed by atoms with Gasteiger partial charge < -0.3 is 19.0 Å². The van der Waals surface area contributed by atoms with Gasteiger partial charge in [-0.1, -0.05) is 30.3 Å². The molecule has 0 fully saturated rings. The van der Waals surface area contributed by atoms with Gasteiger partial charge in [0, 0.05) is 17.0 Å². The molecule has 0 amide bonds. The van der Waals surface area contributed by atoms with E-state index in [0.29, 0.717) is 17.1 Å². The van der Waals surface area contributed by atoms with Crippen LogP contribution < -0.4 is 0 Å². The normalized spacial score (nSPS) is 10.5. The first kappa shape index (κ1) is 19.6. The Labute approximate surface area is 163 Å². The third-order valence-corrected chi connectivity index (χ3v) is 3.93. The number of carboxylic acid groups (broad SMARTS) is 2. The molecule has 2 aromatic rings. The van der Waals surface area contributed by atoms with Crippen LogP contribution in [0, 0.1) is 10.1 Å². The zero-order valence-electron chi connectivity index (χ0n) is 14.9. The number of rotatable bonds is 5. The van der Waals surface area contributed by atoms with Crippen LogP contribution in [0.2, 0.25) is 0 Å². The number of hydrogen-bond acceptors (Lipinski definition) is 6. The van der Waals surface area contributed by atoms with Gasteiger partial charge in [0.1, 0.15) is 29.9 Å². The molecule has 1 aromatic carbocycles. The van der Waals surface area contributed by atoms with Crippen molar-refractivity contribution in [3.8, 4) is 11.3 Å². The summed E-state index contributed by atoms with van der Waals surface area (Å²) in [7, 11) is 0. The Balaban J connectivity index is 0.000000169. The summed E-state index contributed by atoms with van der Waals surface area (Å²) in [4.78, 5) is 31.0. The van der Waals surface area contributed by atoms with Gasteiger partial charge in [-0.15, -0.1) is 0 Å². The van der Waals surface area contributed by atoms with Crippen molar-refractivity contribution in [3.63, 3.8) is 0 Å². The van der Waals surface area contributed by atoms with Crippen molar-refractivity contribution in [3.05, 3.63) is 76.2 Å². The van der Waals surface area contributed by atoms with Crippen molar-refractivity contribution >= 4 is 28.6 Å². The van der Waals surface area contributed by atoms with Gasteiger partial charge in [0.2, 0.25) is 0 Å². The van der Waals surface area contributed by atoms with Gasteiger partial charge in [0.25, 0.3) is 0 Å². The number of para-hydroxylation sites is 1. The lowest BCUT2D eigenvalue weighted by molar-refractivity contribution is -0.386. The average Bonchev–Trinajstić information content (AvgIpc) is 3.25. The van der Waals surface area contributed by atoms with Crippen LogP contribution in [-0.2, 0) is 22.4 Å². The third-order valence-electron chi connectivity index (χ3n) is 3.93. The van der Waals surface area contributed by atoms with Crippen LogP contribution in [0.5, 0.6) is 0 Å². The Morgan fingerprint density at radius 2 is 1.66 bits per heavy atom. The van der Waals surface area contributed by atoms with E-state index in [0.717, 1.165) is 11.0 Å². The van der Waals surface area contributed by atoms with E-state index in [1.807, 2.05) is 24.3 Å². The summed E-state index contributed by atoms with van der Waals surface area (Å²) in [5.74, 6) is -1.25. The topological polar surface area (TPSA) is 144 Å². The number of carbonyl (C=O) groups is 2. The summed E-state index contributed by atoms with van der Waals surface area (Å²) in [6.45, 7) is 0. The highest BCUT2D eigenvalue weighted by Gasteiger charge is 2.22. The summed E-state index contributed by atoms with van der Waals surface area (Å²) in [6, 6.07) is 15.5. The van der Waals surface area contributed by atoms with Gasteiger partial charge in [-0.05, 0) is 18.2 Å². The lowest BCUT2D eigenvalue weighted by Crippen LogP contribution is -2.04. The van der Waals surface area contributed by atoms with Crippen molar-refractivity contribution in [2.45, 2.75) is 12.8 Å². The van der Waals surface area contributed by atoms with E-state index in [1.165, 1.54) is 6.07 Å². The lowest BCUT2D eigenvalue weighted by atomic mass is 10.2. The minimum absolute atomic E-state index is 0.0608. The first-order valence-corrected chi connectivity index (χ1v) is 8.40. The highest BCUT2D eigenvalue weighted by atomic mass is 16.6. The van der Waals surface area contributed by atoms with Crippen LogP contribution >= 0.6 is 0 Å². The van der Waals surface area contributed by atoms with Crippen molar-refractivity contribution in [2.24, 2.45) is 0 Å². The van der Waals surface area contributed by atoms with Crippen LogP contribution in [0.4, 0.5) is 5.69 Å². The van der Waals surface area contributed by atoms with E-state index < -0.39 is 23.3 Å². The molecule has 0 bridgehead atoms. The van der Waals surface area contributed by atoms with Crippen LogP contribution in [0.3, 0.4) is 0 Å². The Kier molecular flexibility index (Phi) is 5.59. The SMILES string of the molecule is O=C(O)Cc1cc2ccccc2o1.O=C(O)Cc1oc2cccc-2cc1[N+](=O)[O-]. The predicted octanol–water partition coefficient (Wildman–Crippen LogP) is 3.98. The Hall–Kier alpha value is -4.14. The van der Waals surface area contributed by atoms with E-state index in [9.17, 15) is 19.7 Å². The second kappa shape index (κ2) is 8.26. The molecule has 4 rings (SSSR count). The first-order valence-electron chi connectivity index (χ1n) is 8.40. The Bertz CT molecular complexity index is 1120. The Morgan fingerprint density at radius 3 is 2.31 bits per heavy atom. The van der Waals surface area contributed by atoms with Crippen LogP contribution in [0.1, 0.15) is 11.5 Å². The van der Waals surface area contributed by atoms with Gasteiger partial charge in [-0.3, -0.25) is 19.7 Å². The summed E-state index contributed by atoms with van der Waals surface area (Å²) < 4.78 is 10.5. The maximum atomic E-state index is 10.7. The number of furan rings is 1. The number of hydrogen-bond donors (Lipinski definition) is 2. The van der Waals surface area contributed by atoms with Gasteiger partial charge in [-0.2, -0.15) is 0 Å². The molecular weight excluding hydrogens is 382 g/mol. The fraction of sp³-hybridized carbons (Fsp3) is 0.100. The number of carboxylic acids is 2. The average molecular weight is 397 g/mol. The zero-order chi connectivity index (χ0) is 21.0. The van der Waals surface area contributed by atoms with E-state index in [-0.39, 0.29) is 17.9 Å². The molecule has 0 unspecified atom stereocenters. The first-order chi connectivity index (χ1) is 13.8. The Morgan fingerprint density at radius 1 is 0.931 bits per heavy atom. The van der Waals surface area contributed by atoms with Crippen LogP contribution in [0.15, 0.2) is 63.4 Å². The van der Waals surface area contributed by atoms with Gasteiger partial charge in [0.05, 0.1) is 4.92 Å². The molecule has 0 saturated carbocycles. The third kappa shape index (κ3) is 4.78. The summed E-state index contributed by atoms with van der Waals surface area (Å²) in [5, 5.41) is 28.8. The fourth-order valence-corrected chi connectivity index (χ4v) is 2.73. The molecular formula is C20H15NO8. The fourth-order valence-electron chi connectivity index (χ4n) is 2.73. The molecule has 2 N–H and O–H groups in total. The van der Waals surface area contributed by atoms with E-state index in [2.05, 4.69) is 0 Å². The largest absolute Gasteiger partial charge is 0.481 e. The van der Waals surface area contributed by atoms with Gasteiger partial charge >= 0.3 is 17.6 Å². The van der Waals surface area contributed by atoms with Gasteiger partial charge in [-0.25, -0.2) is 0 Å². The maximum Gasteiger partial charge on any atom is 0.311 e. The standard InChI is InChI=1S/C10H7NO5.C10H8O3/c12-10(13)5-9-7(11(14)15)4-6-2-1-3-8(6)16-9;11-10(12)6-8-5-7-3-1-2-4-9(7)13-8/h1-4H,5H2,(H,12,13);1-5H,6H2,(H,11,12). The number of benzene rings is 1. The van der Waals surface area contributed by atoms with Gasteiger partial charge in [0.15, 0.2) is 5.76 Å². The summed E-state index contributed by atoms with van der Waals surface area (Å²) in [6.07, 6.45) is -0.563. The van der Waals surface area contributed by atoms with Crippen molar-refractivity contribution in [1.29, 1.82) is 0 Å². The molecule has 9 heteroatoms. The molecule has 1 aromatic heterocycles. The van der Waals surface area contributed by atoms with Crippen molar-refractivity contribution in [1.82, 2.24) is 0 Å².